The van der Waals surface area contributed by atoms with Gasteiger partial charge in [0.2, 0.25) is 0 Å². The zero-order chi connectivity index (χ0) is 13.0. The van der Waals surface area contributed by atoms with Crippen molar-refractivity contribution in [1.29, 1.82) is 0 Å². The molecule has 4 heteroatoms. The van der Waals surface area contributed by atoms with E-state index in [1.807, 2.05) is 0 Å². The summed E-state index contributed by atoms with van der Waals surface area (Å²) >= 11 is 4.06. The standard InChI is InChI=1S/C14H17IN2S/c1-3-16-14(8-13-9-18-10(2)17-13)11-4-6-12(15)7-5-11/h4-7,9,14,16H,3,8H2,1-2H3. The van der Waals surface area contributed by atoms with Crippen LogP contribution < -0.4 is 5.32 Å². The number of thiazole rings is 1. The molecule has 1 unspecified atom stereocenters. The average molecular weight is 372 g/mol. The van der Waals surface area contributed by atoms with Crippen LogP contribution in [0.5, 0.6) is 0 Å². The second kappa shape index (κ2) is 6.63. The molecule has 0 aliphatic heterocycles. The molecule has 1 atom stereocenters. The fourth-order valence-electron chi connectivity index (χ4n) is 1.96. The molecule has 0 aliphatic rings. The minimum atomic E-state index is 0.355. The van der Waals surface area contributed by atoms with Gasteiger partial charge in [-0.15, -0.1) is 11.3 Å². The third-order valence-corrected chi connectivity index (χ3v) is 4.34. The summed E-state index contributed by atoms with van der Waals surface area (Å²) in [5.41, 5.74) is 2.52. The number of aryl methyl sites for hydroxylation is 1. The Morgan fingerprint density at radius 3 is 2.61 bits per heavy atom. The summed E-state index contributed by atoms with van der Waals surface area (Å²) in [7, 11) is 0. The molecule has 18 heavy (non-hydrogen) atoms. The summed E-state index contributed by atoms with van der Waals surface area (Å²) in [6, 6.07) is 9.08. The lowest BCUT2D eigenvalue weighted by Gasteiger charge is -2.17. The van der Waals surface area contributed by atoms with Crippen LogP contribution in [0.4, 0.5) is 0 Å². The van der Waals surface area contributed by atoms with E-state index in [1.54, 1.807) is 11.3 Å². The van der Waals surface area contributed by atoms with Crippen molar-refractivity contribution in [3.05, 3.63) is 49.5 Å². The first-order valence-corrected chi connectivity index (χ1v) is 8.04. The molecule has 0 bridgehead atoms. The minimum Gasteiger partial charge on any atom is -0.310 e. The number of aromatic nitrogens is 1. The van der Waals surface area contributed by atoms with E-state index >= 15 is 0 Å². The number of hydrogen-bond donors (Lipinski definition) is 1. The van der Waals surface area contributed by atoms with Crippen LogP contribution >= 0.6 is 33.9 Å². The van der Waals surface area contributed by atoms with Gasteiger partial charge in [-0.2, -0.15) is 0 Å². The summed E-state index contributed by atoms with van der Waals surface area (Å²) in [6.45, 7) is 5.17. The van der Waals surface area contributed by atoms with Gasteiger partial charge in [-0.3, -0.25) is 0 Å². The Labute approximate surface area is 126 Å². The monoisotopic (exact) mass is 372 g/mol. The first-order chi connectivity index (χ1) is 8.69. The van der Waals surface area contributed by atoms with Gasteiger partial charge in [-0.25, -0.2) is 4.98 Å². The largest absolute Gasteiger partial charge is 0.310 e. The fourth-order valence-corrected chi connectivity index (χ4v) is 2.95. The zero-order valence-electron chi connectivity index (χ0n) is 10.6. The van der Waals surface area contributed by atoms with E-state index in [-0.39, 0.29) is 0 Å². The van der Waals surface area contributed by atoms with Crippen LogP contribution in [0.15, 0.2) is 29.6 Å². The highest BCUT2D eigenvalue weighted by Crippen LogP contribution is 2.20. The van der Waals surface area contributed by atoms with Gasteiger partial charge in [0.1, 0.15) is 0 Å². The van der Waals surface area contributed by atoms with E-state index < -0.39 is 0 Å². The number of halogens is 1. The van der Waals surface area contributed by atoms with Gasteiger partial charge < -0.3 is 5.32 Å². The highest BCUT2D eigenvalue weighted by molar-refractivity contribution is 14.1. The molecule has 0 radical (unpaired) electrons. The van der Waals surface area contributed by atoms with Crippen molar-refractivity contribution in [3.63, 3.8) is 0 Å². The van der Waals surface area contributed by atoms with Crippen molar-refractivity contribution >= 4 is 33.9 Å². The summed E-state index contributed by atoms with van der Waals surface area (Å²) in [4.78, 5) is 4.55. The second-order valence-electron chi connectivity index (χ2n) is 4.22. The van der Waals surface area contributed by atoms with Crippen LogP contribution in [-0.2, 0) is 6.42 Å². The molecule has 1 N–H and O–H groups in total. The SMILES string of the molecule is CCNC(Cc1csc(C)n1)c1ccc(I)cc1. The van der Waals surface area contributed by atoms with Crippen molar-refractivity contribution in [2.24, 2.45) is 0 Å². The Kier molecular flexibility index (Phi) is 5.14. The maximum Gasteiger partial charge on any atom is 0.0897 e. The topological polar surface area (TPSA) is 24.9 Å². The molecular weight excluding hydrogens is 355 g/mol. The van der Waals surface area contributed by atoms with Gasteiger partial charge >= 0.3 is 0 Å². The molecule has 0 saturated carbocycles. The van der Waals surface area contributed by atoms with Crippen molar-refractivity contribution in [2.45, 2.75) is 26.3 Å². The third kappa shape index (κ3) is 3.76. The van der Waals surface area contributed by atoms with Crippen LogP contribution in [-0.4, -0.2) is 11.5 Å². The van der Waals surface area contributed by atoms with Gasteiger partial charge in [-0.05, 0) is 53.8 Å². The van der Waals surface area contributed by atoms with Crippen LogP contribution in [0.2, 0.25) is 0 Å². The number of rotatable bonds is 5. The van der Waals surface area contributed by atoms with Gasteiger partial charge in [0.25, 0.3) is 0 Å². The van der Waals surface area contributed by atoms with E-state index in [1.165, 1.54) is 14.8 Å². The Hall–Kier alpha value is -0.460. The quantitative estimate of drug-likeness (QED) is 0.804. The number of likely N-dealkylation sites (N-methyl/N-ethyl adjacent to an activating group) is 1. The molecule has 0 fully saturated rings. The molecule has 1 aromatic heterocycles. The van der Waals surface area contributed by atoms with E-state index in [2.05, 4.69) is 76.4 Å². The maximum atomic E-state index is 4.55. The maximum absolute atomic E-state index is 4.55. The highest BCUT2D eigenvalue weighted by Gasteiger charge is 2.12. The minimum absolute atomic E-state index is 0.355. The Morgan fingerprint density at radius 1 is 1.33 bits per heavy atom. The number of nitrogens with one attached hydrogen (secondary N) is 1. The van der Waals surface area contributed by atoms with E-state index in [4.69, 9.17) is 0 Å². The normalized spacial score (nSPS) is 12.6. The Morgan fingerprint density at radius 2 is 2.06 bits per heavy atom. The summed E-state index contributed by atoms with van der Waals surface area (Å²) in [6.07, 6.45) is 0.957. The number of hydrogen-bond acceptors (Lipinski definition) is 3. The van der Waals surface area contributed by atoms with E-state index in [0.29, 0.717) is 6.04 Å². The lowest BCUT2D eigenvalue weighted by Crippen LogP contribution is -2.23. The van der Waals surface area contributed by atoms with E-state index in [0.717, 1.165) is 18.0 Å². The first-order valence-electron chi connectivity index (χ1n) is 6.09. The highest BCUT2D eigenvalue weighted by atomic mass is 127. The predicted molar refractivity (Wildman–Crippen MR) is 86.1 cm³/mol. The van der Waals surface area contributed by atoms with Crippen molar-refractivity contribution in [1.82, 2.24) is 10.3 Å². The average Bonchev–Trinajstić information content (AvgIpc) is 2.75. The lowest BCUT2D eigenvalue weighted by atomic mass is 10.0. The molecule has 96 valence electrons. The van der Waals surface area contributed by atoms with Crippen molar-refractivity contribution < 1.29 is 0 Å². The van der Waals surface area contributed by atoms with E-state index in [9.17, 15) is 0 Å². The van der Waals surface area contributed by atoms with Gasteiger partial charge in [0.15, 0.2) is 0 Å². The fraction of sp³-hybridized carbons (Fsp3) is 0.357. The molecule has 0 saturated heterocycles. The molecule has 2 rings (SSSR count). The summed E-state index contributed by atoms with van der Waals surface area (Å²) in [5.74, 6) is 0. The molecule has 1 heterocycles. The van der Waals surface area contributed by atoms with Crippen LogP contribution in [0.1, 0.15) is 29.2 Å². The van der Waals surface area contributed by atoms with Gasteiger partial charge in [0, 0.05) is 21.4 Å². The predicted octanol–water partition coefficient (Wildman–Crippen LogP) is 3.95. The van der Waals surface area contributed by atoms with Crippen LogP contribution in [0.25, 0.3) is 0 Å². The van der Waals surface area contributed by atoms with Crippen molar-refractivity contribution in [3.8, 4) is 0 Å². The molecule has 2 nitrogen and oxygen atoms in total. The molecule has 0 spiro atoms. The van der Waals surface area contributed by atoms with Gasteiger partial charge in [0.05, 0.1) is 10.7 Å². The van der Waals surface area contributed by atoms with Crippen LogP contribution in [0, 0.1) is 10.5 Å². The van der Waals surface area contributed by atoms with Gasteiger partial charge in [-0.1, -0.05) is 19.1 Å². The third-order valence-electron chi connectivity index (χ3n) is 2.80. The molecule has 0 aliphatic carbocycles. The summed E-state index contributed by atoms with van der Waals surface area (Å²) < 4.78 is 1.27. The molecule has 2 aromatic rings. The van der Waals surface area contributed by atoms with Crippen LogP contribution in [0.3, 0.4) is 0 Å². The second-order valence-corrected chi connectivity index (χ2v) is 6.53. The Balaban J connectivity index is 2.14. The molecular formula is C14H17IN2S. The van der Waals surface area contributed by atoms with Crippen molar-refractivity contribution in [2.75, 3.05) is 6.54 Å². The smallest absolute Gasteiger partial charge is 0.0897 e. The lowest BCUT2D eigenvalue weighted by molar-refractivity contribution is 0.545. The zero-order valence-corrected chi connectivity index (χ0v) is 13.6. The molecule has 1 aromatic carbocycles. The molecule has 0 amide bonds. The number of nitrogens with zero attached hydrogens (tertiary/aromatic N) is 1. The summed E-state index contributed by atoms with van der Waals surface area (Å²) in [5, 5.41) is 6.84. The number of benzene rings is 1. The first kappa shape index (κ1) is 14.0. The Bertz CT molecular complexity index is 493.